The van der Waals surface area contributed by atoms with E-state index in [1.807, 2.05) is 6.07 Å². The molecular weight excluding hydrogens is 320 g/mol. The van der Waals surface area contributed by atoms with Crippen LogP contribution in [0.3, 0.4) is 0 Å². The Morgan fingerprint density at radius 3 is 2.96 bits per heavy atom. The summed E-state index contributed by atoms with van der Waals surface area (Å²) in [4.78, 5) is 23.4. The van der Waals surface area contributed by atoms with Gasteiger partial charge in [-0.15, -0.1) is 5.10 Å². The van der Waals surface area contributed by atoms with E-state index in [1.165, 1.54) is 11.8 Å². The molecule has 2 amide bonds. The molecule has 1 aliphatic carbocycles. The van der Waals surface area contributed by atoms with Crippen molar-refractivity contribution in [3.8, 4) is 0 Å². The van der Waals surface area contributed by atoms with Gasteiger partial charge in [0.15, 0.2) is 0 Å². The van der Waals surface area contributed by atoms with Crippen LogP contribution in [0.1, 0.15) is 25.0 Å². The van der Waals surface area contributed by atoms with Crippen LogP contribution in [0.15, 0.2) is 28.0 Å². The molecule has 0 bridgehead atoms. The average molecular weight is 336 g/mol. The number of nitrogens with zero attached hydrogens (tertiary/aromatic N) is 4. The monoisotopic (exact) mass is 336 g/mol. The number of hydrogen-bond donors (Lipinski definition) is 2. The number of aromatic nitrogens is 4. The Morgan fingerprint density at radius 2 is 2.26 bits per heavy atom. The number of rotatable bonds is 6. The van der Waals surface area contributed by atoms with Crippen LogP contribution < -0.4 is 10.9 Å². The summed E-state index contributed by atoms with van der Waals surface area (Å²) >= 11 is 1.19. The van der Waals surface area contributed by atoms with E-state index in [4.69, 9.17) is 4.42 Å². The highest BCUT2D eigenvalue weighted by Gasteiger charge is 2.25. The number of carbonyl (C=O) groups is 2. The van der Waals surface area contributed by atoms with Crippen LogP contribution in [0.2, 0.25) is 0 Å². The van der Waals surface area contributed by atoms with Crippen LogP contribution in [0.5, 0.6) is 0 Å². The van der Waals surface area contributed by atoms with Gasteiger partial charge in [0, 0.05) is 5.92 Å². The van der Waals surface area contributed by atoms with Gasteiger partial charge in [-0.3, -0.25) is 20.4 Å². The second-order valence-corrected chi connectivity index (χ2v) is 6.09. The minimum absolute atomic E-state index is 0.0311. The lowest BCUT2D eigenvalue weighted by Crippen LogP contribution is -2.46. The molecule has 1 saturated carbocycles. The fourth-order valence-electron chi connectivity index (χ4n) is 2.02. The molecule has 122 valence electrons. The zero-order valence-electron chi connectivity index (χ0n) is 12.3. The second kappa shape index (κ2) is 7.27. The van der Waals surface area contributed by atoms with Gasteiger partial charge in [0.2, 0.25) is 17.0 Å². The van der Waals surface area contributed by atoms with E-state index in [1.54, 1.807) is 17.0 Å². The van der Waals surface area contributed by atoms with E-state index in [0.717, 1.165) is 25.0 Å². The van der Waals surface area contributed by atoms with Crippen LogP contribution >= 0.6 is 11.8 Å². The molecule has 2 aromatic rings. The smallest absolute Gasteiger partial charge is 0.248 e. The summed E-state index contributed by atoms with van der Waals surface area (Å²) < 4.78 is 6.78. The third kappa shape index (κ3) is 4.09. The lowest BCUT2D eigenvalue weighted by molar-refractivity contribution is -0.132. The number of hydrazine groups is 1. The summed E-state index contributed by atoms with van der Waals surface area (Å²) in [5, 5.41) is 11.8. The Kier molecular flexibility index (Phi) is 4.91. The number of tetrazole rings is 1. The van der Waals surface area contributed by atoms with Gasteiger partial charge >= 0.3 is 0 Å². The van der Waals surface area contributed by atoms with Crippen LogP contribution in [0.4, 0.5) is 0 Å². The largest absolute Gasteiger partial charge is 0.467 e. The number of amides is 2. The maximum atomic E-state index is 11.8. The maximum Gasteiger partial charge on any atom is 0.248 e. The van der Waals surface area contributed by atoms with Crippen molar-refractivity contribution in [1.82, 2.24) is 31.1 Å². The first-order chi connectivity index (χ1) is 11.2. The minimum atomic E-state index is -0.310. The quantitative estimate of drug-likeness (QED) is 0.578. The Morgan fingerprint density at radius 1 is 1.39 bits per heavy atom. The minimum Gasteiger partial charge on any atom is -0.467 e. The molecule has 1 fully saturated rings. The zero-order chi connectivity index (χ0) is 16.1. The van der Waals surface area contributed by atoms with Gasteiger partial charge in [-0.05, 0) is 35.4 Å². The first kappa shape index (κ1) is 15.5. The van der Waals surface area contributed by atoms with Gasteiger partial charge < -0.3 is 4.42 Å². The van der Waals surface area contributed by atoms with Crippen LogP contribution in [0, 0.1) is 5.92 Å². The standard InChI is InChI=1S/C13H16N6O3S/c20-11(14-15-12(21)9-3-1-4-9)8-23-13-16-17-18-19(13)7-10-5-2-6-22-10/h2,5-6,9H,1,3-4,7-8H2,(H,14,20)(H,15,21). The lowest BCUT2D eigenvalue weighted by Gasteiger charge is -2.23. The molecule has 0 spiro atoms. The third-order valence-corrected chi connectivity index (χ3v) is 4.48. The van der Waals surface area contributed by atoms with Gasteiger partial charge in [0.1, 0.15) is 12.3 Å². The first-order valence-corrected chi connectivity index (χ1v) is 8.21. The molecule has 23 heavy (non-hydrogen) atoms. The van der Waals surface area contributed by atoms with Crippen molar-refractivity contribution >= 4 is 23.6 Å². The molecule has 2 N–H and O–H groups in total. The summed E-state index contributed by atoms with van der Waals surface area (Å²) in [5.74, 6) is 0.413. The van der Waals surface area contributed by atoms with Crippen molar-refractivity contribution in [3.63, 3.8) is 0 Å². The summed E-state index contributed by atoms with van der Waals surface area (Å²) in [5.41, 5.74) is 4.84. The predicted molar refractivity (Wildman–Crippen MR) is 80.0 cm³/mol. The zero-order valence-corrected chi connectivity index (χ0v) is 13.1. The van der Waals surface area contributed by atoms with Crippen molar-refractivity contribution in [2.24, 2.45) is 5.92 Å². The number of nitrogens with one attached hydrogen (secondary N) is 2. The highest BCUT2D eigenvalue weighted by atomic mass is 32.2. The fourth-order valence-corrected chi connectivity index (χ4v) is 2.70. The summed E-state index contributed by atoms with van der Waals surface area (Å²) in [6.45, 7) is 0.391. The van der Waals surface area contributed by atoms with Crippen molar-refractivity contribution in [3.05, 3.63) is 24.2 Å². The highest BCUT2D eigenvalue weighted by Crippen LogP contribution is 2.25. The van der Waals surface area contributed by atoms with Crippen LogP contribution in [-0.2, 0) is 16.1 Å². The molecule has 10 heteroatoms. The van der Waals surface area contributed by atoms with E-state index >= 15 is 0 Å². The number of carbonyl (C=O) groups excluding carboxylic acids is 2. The van der Waals surface area contributed by atoms with Gasteiger partial charge in [-0.25, -0.2) is 4.68 Å². The Hall–Kier alpha value is -2.36. The van der Waals surface area contributed by atoms with Gasteiger partial charge in [0.05, 0.1) is 12.0 Å². The second-order valence-electron chi connectivity index (χ2n) is 5.15. The van der Waals surface area contributed by atoms with Crippen LogP contribution in [0.25, 0.3) is 0 Å². The molecule has 0 aliphatic heterocycles. The summed E-state index contributed by atoms with van der Waals surface area (Å²) in [6.07, 6.45) is 4.42. The SMILES string of the molecule is O=C(CSc1nnnn1Cc1ccco1)NNC(=O)C1CCC1. The molecule has 9 nitrogen and oxygen atoms in total. The Balaban J connectivity index is 1.43. The highest BCUT2D eigenvalue weighted by molar-refractivity contribution is 7.99. The third-order valence-electron chi connectivity index (χ3n) is 3.52. The number of hydrogen-bond acceptors (Lipinski definition) is 7. The van der Waals surface area contributed by atoms with Gasteiger partial charge in [-0.2, -0.15) is 0 Å². The Labute approximate surface area is 136 Å². The van der Waals surface area contributed by atoms with Crippen molar-refractivity contribution in [2.75, 3.05) is 5.75 Å². The van der Waals surface area contributed by atoms with E-state index in [2.05, 4.69) is 26.4 Å². The van der Waals surface area contributed by atoms with Crippen molar-refractivity contribution in [2.45, 2.75) is 31.0 Å². The molecule has 0 saturated heterocycles. The average Bonchev–Trinajstić information content (AvgIpc) is 3.13. The molecule has 0 radical (unpaired) electrons. The molecule has 0 atom stereocenters. The first-order valence-electron chi connectivity index (χ1n) is 7.22. The molecule has 3 rings (SSSR count). The maximum absolute atomic E-state index is 11.8. The number of furan rings is 1. The Bertz CT molecular complexity index is 667. The summed E-state index contributed by atoms with van der Waals surface area (Å²) in [6, 6.07) is 3.60. The fraction of sp³-hybridized carbons (Fsp3) is 0.462. The van der Waals surface area contributed by atoms with Crippen molar-refractivity contribution < 1.29 is 14.0 Å². The molecule has 0 unspecified atom stereocenters. The summed E-state index contributed by atoms with van der Waals surface area (Å²) in [7, 11) is 0. The topological polar surface area (TPSA) is 115 Å². The number of thioether (sulfide) groups is 1. The normalized spacial score (nSPS) is 14.3. The van der Waals surface area contributed by atoms with E-state index < -0.39 is 0 Å². The van der Waals surface area contributed by atoms with Gasteiger partial charge in [-0.1, -0.05) is 18.2 Å². The predicted octanol–water partition coefficient (Wildman–Crippen LogP) is 0.354. The molecule has 2 aromatic heterocycles. The van der Waals surface area contributed by atoms with E-state index in [-0.39, 0.29) is 23.5 Å². The lowest BCUT2D eigenvalue weighted by atomic mass is 9.85. The van der Waals surface area contributed by atoms with E-state index in [9.17, 15) is 9.59 Å². The molecule has 2 heterocycles. The molecule has 0 aromatic carbocycles. The van der Waals surface area contributed by atoms with E-state index in [0.29, 0.717) is 11.7 Å². The van der Waals surface area contributed by atoms with Crippen LogP contribution in [-0.4, -0.2) is 37.8 Å². The van der Waals surface area contributed by atoms with Crippen molar-refractivity contribution in [1.29, 1.82) is 0 Å². The van der Waals surface area contributed by atoms with Gasteiger partial charge in [0.25, 0.3) is 0 Å². The molecular formula is C13H16N6O3S. The molecule has 1 aliphatic rings.